The van der Waals surface area contributed by atoms with Gasteiger partial charge in [0.1, 0.15) is 0 Å². The fourth-order valence-electron chi connectivity index (χ4n) is 4.17. The van der Waals surface area contributed by atoms with Gasteiger partial charge in [-0.2, -0.15) is 0 Å². The van der Waals surface area contributed by atoms with Gasteiger partial charge in [0.15, 0.2) is 11.5 Å². The number of hydrogen-bond acceptors (Lipinski definition) is 5. The fourth-order valence-corrected chi connectivity index (χ4v) is 4.17. The predicted molar refractivity (Wildman–Crippen MR) is 90.2 cm³/mol. The van der Waals surface area contributed by atoms with Crippen molar-refractivity contribution >= 4 is 5.91 Å². The number of carbonyl (C=O) groups is 1. The number of amides is 1. The highest BCUT2D eigenvalue weighted by Crippen LogP contribution is 2.38. The normalized spacial score (nSPS) is 29.1. The molecule has 3 heterocycles. The highest BCUT2D eigenvalue weighted by atomic mass is 16.5. The summed E-state index contributed by atoms with van der Waals surface area (Å²) in [7, 11) is 2.09. The number of benzene rings is 1. The second-order valence-electron chi connectivity index (χ2n) is 7.19. The minimum Gasteiger partial charge on any atom is -0.490 e. The molecule has 1 aromatic rings. The fraction of sp³-hybridized carbons (Fsp3) is 0.611. The minimum absolute atomic E-state index is 0.161. The van der Waals surface area contributed by atoms with Crippen molar-refractivity contribution in [3.8, 4) is 11.5 Å². The third-order valence-corrected chi connectivity index (χ3v) is 5.41. The van der Waals surface area contributed by atoms with Crippen LogP contribution in [0.2, 0.25) is 0 Å². The first kappa shape index (κ1) is 15.7. The van der Waals surface area contributed by atoms with E-state index in [0.717, 1.165) is 49.7 Å². The number of nitrogens with zero attached hydrogens (tertiary/aromatic N) is 1. The first-order valence-corrected chi connectivity index (χ1v) is 8.73. The maximum absolute atomic E-state index is 12.9. The molecule has 0 radical (unpaired) electrons. The van der Waals surface area contributed by atoms with Gasteiger partial charge in [-0.25, -0.2) is 0 Å². The second-order valence-corrected chi connectivity index (χ2v) is 7.19. The quantitative estimate of drug-likeness (QED) is 0.850. The first-order chi connectivity index (χ1) is 11.7. The lowest BCUT2D eigenvalue weighted by atomic mass is 9.80. The molecule has 6 nitrogen and oxygen atoms in total. The van der Waals surface area contributed by atoms with Crippen LogP contribution in [0, 0.1) is 11.3 Å². The van der Waals surface area contributed by atoms with E-state index < -0.39 is 0 Å². The third kappa shape index (κ3) is 2.74. The lowest BCUT2D eigenvalue weighted by Gasteiger charge is -2.26. The molecule has 24 heavy (non-hydrogen) atoms. The number of carbonyl (C=O) groups excluding carboxylic acids is 1. The number of ether oxygens (including phenoxy) is 2. The van der Waals surface area contributed by atoms with E-state index in [1.54, 1.807) is 0 Å². The van der Waals surface area contributed by atoms with E-state index >= 15 is 0 Å². The molecule has 0 bridgehead atoms. The van der Waals surface area contributed by atoms with E-state index in [0.29, 0.717) is 25.7 Å². The molecule has 4 rings (SSSR count). The Hall–Kier alpha value is -1.79. The predicted octanol–water partition coefficient (Wildman–Crippen LogP) is 0.615. The molecule has 2 N–H and O–H groups in total. The van der Waals surface area contributed by atoms with Crippen LogP contribution in [0.15, 0.2) is 18.2 Å². The largest absolute Gasteiger partial charge is 0.490 e. The van der Waals surface area contributed by atoms with Crippen molar-refractivity contribution in [3.05, 3.63) is 23.8 Å². The van der Waals surface area contributed by atoms with E-state index in [9.17, 15) is 4.79 Å². The van der Waals surface area contributed by atoms with Crippen LogP contribution in [0.1, 0.15) is 12.0 Å². The van der Waals surface area contributed by atoms with Gasteiger partial charge in [-0.15, -0.1) is 0 Å². The number of fused-ring (bicyclic) bond motifs is 2. The van der Waals surface area contributed by atoms with E-state index in [4.69, 9.17) is 9.47 Å². The summed E-state index contributed by atoms with van der Waals surface area (Å²) in [5.74, 6) is 2.14. The van der Waals surface area contributed by atoms with Gasteiger partial charge in [-0.3, -0.25) is 4.79 Å². The van der Waals surface area contributed by atoms with Crippen LogP contribution in [-0.2, 0) is 11.3 Å². The summed E-state index contributed by atoms with van der Waals surface area (Å²) in [4.78, 5) is 15.1. The van der Waals surface area contributed by atoms with Gasteiger partial charge in [0.2, 0.25) is 5.91 Å². The van der Waals surface area contributed by atoms with E-state index in [1.807, 2.05) is 18.2 Å². The lowest BCUT2D eigenvalue weighted by Crippen LogP contribution is -2.46. The minimum atomic E-state index is -0.278. The summed E-state index contributed by atoms with van der Waals surface area (Å²) < 4.78 is 11.4. The molecule has 1 aromatic carbocycles. The molecule has 2 atom stereocenters. The summed E-state index contributed by atoms with van der Waals surface area (Å²) in [5, 5.41) is 6.53. The zero-order valence-corrected chi connectivity index (χ0v) is 14.1. The van der Waals surface area contributed by atoms with Crippen molar-refractivity contribution in [2.45, 2.75) is 13.0 Å². The van der Waals surface area contributed by atoms with Crippen molar-refractivity contribution < 1.29 is 14.3 Å². The molecule has 0 saturated carbocycles. The average Bonchev–Trinajstić information content (AvgIpc) is 3.00. The molecule has 0 spiro atoms. The number of hydrogen-bond donors (Lipinski definition) is 2. The maximum atomic E-state index is 12.9. The molecule has 3 aliphatic rings. The molecule has 2 fully saturated rings. The number of nitrogens with one attached hydrogen (secondary N) is 2. The maximum Gasteiger partial charge on any atom is 0.229 e. The van der Waals surface area contributed by atoms with Crippen LogP contribution < -0.4 is 20.1 Å². The summed E-state index contributed by atoms with van der Waals surface area (Å²) in [6.45, 7) is 5.41. The molecule has 1 amide bonds. The van der Waals surface area contributed by atoms with Crippen molar-refractivity contribution in [2.75, 3.05) is 46.4 Å². The van der Waals surface area contributed by atoms with Gasteiger partial charge in [0, 0.05) is 45.1 Å². The summed E-state index contributed by atoms with van der Waals surface area (Å²) in [6.07, 6.45) is 0.894. The van der Waals surface area contributed by atoms with Crippen molar-refractivity contribution in [2.24, 2.45) is 11.3 Å². The number of likely N-dealkylation sites (tertiary alicyclic amines) is 1. The number of rotatable bonds is 3. The Morgan fingerprint density at radius 3 is 3.08 bits per heavy atom. The molecular weight excluding hydrogens is 306 g/mol. The smallest absolute Gasteiger partial charge is 0.229 e. The molecule has 0 unspecified atom stereocenters. The van der Waals surface area contributed by atoms with Gasteiger partial charge >= 0.3 is 0 Å². The van der Waals surface area contributed by atoms with Gasteiger partial charge < -0.3 is 25.0 Å². The summed E-state index contributed by atoms with van der Waals surface area (Å²) in [6, 6.07) is 5.91. The average molecular weight is 331 g/mol. The lowest BCUT2D eigenvalue weighted by molar-refractivity contribution is -0.130. The standard InChI is InChI=1S/C18H25N3O3/c1-21-10-14-9-19-11-18(14,12-21)17(22)20-8-13-3-4-15-16(7-13)24-6-2-5-23-15/h3-4,7,14,19H,2,5-6,8-12H2,1H3,(H,20,22)/t14-,18-/m0/s1. The highest BCUT2D eigenvalue weighted by Gasteiger charge is 2.53. The molecule has 2 saturated heterocycles. The molecule has 6 heteroatoms. The topological polar surface area (TPSA) is 62.8 Å². The third-order valence-electron chi connectivity index (χ3n) is 5.41. The van der Waals surface area contributed by atoms with E-state index in [2.05, 4.69) is 22.6 Å². The molecule has 130 valence electrons. The van der Waals surface area contributed by atoms with Crippen molar-refractivity contribution in [3.63, 3.8) is 0 Å². The Morgan fingerprint density at radius 1 is 1.38 bits per heavy atom. The van der Waals surface area contributed by atoms with Crippen LogP contribution in [0.5, 0.6) is 11.5 Å². The van der Waals surface area contributed by atoms with Crippen LogP contribution in [0.4, 0.5) is 0 Å². The SMILES string of the molecule is CN1C[C@@H]2CNC[C@]2(C(=O)NCc2ccc3c(c2)OCCCO3)C1. The Balaban J connectivity index is 1.43. The molecular formula is C18H25N3O3. The van der Waals surface area contributed by atoms with Crippen molar-refractivity contribution in [1.82, 2.24) is 15.5 Å². The van der Waals surface area contributed by atoms with E-state index in [1.165, 1.54) is 0 Å². The van der Waals surface area contributed by atoms with Gasteiger partial charge in [0.25, 0.3) is 0 Å². The van der Waals surface area contributed by atoms with Gasteiger partial charge in [-0.05, 0) is 24.7 Å². The summed E-state index contributed by atoms with van der Waals surface area (Å²) in [5.41, 5.74) is 0.762. The Morgan fingerprint density at radius 2 is 2.21 bits per heavy atom. The monoisotopic (exact) mass is 331 g/mol. The summed E-state index contributed by atoms with van der Waals surface area (Å²) >= 11 is 0. The Kier molecular flexibility index (Phi) is 4.10. The van der Waals surface area contributed by atoms with Crippen LogP contribution in [0.3, 0.4) is 0 Å². The van der Waals surface area contributed by atoms with E-state index in [-0.39, 0.29) is 11.3 Å². The zero-order valence-electron chi connectivity index (χ0n) is 14.1. The highest BCUT2D eigenvalue weighted by molar-refractivity contribution is 5.84. The van der Waals surface area contributed by atoms with Crippen LogP contribution in [0.25, 0.3) is 0 Å². The Bertz CT molecular complexity index is 636. The van der Waals surface area contributed by atoms with Crippen LogP contribution in [-0.4, -0.2) is 57.2 Å². The van der Waals surface area contributed by atoms with Gasteiger partial charge in [-0.1, -0.05) is 6.07 Å². The van der Waals surface area contributed by atoms with Crippen molar-refractivity contribution in [1.29, 1.82) is 0 Å². The molecule has 0 aromatic heterocycles. The zero-order chi connectivity index (χ0) is 16.6. The van der Waals surface area contributed by atoms with Gasteiger partial charge in [0.05, 0.1) is 18.6 Å². The Labute approximate surface area is 142 Å². The second kappa shape index (κ2) is 6.26. The first-order valence-electron chi connectivity index (χ1n) is 8.73. The molecule has 3 aliphatic heterocycles. The van der Waals surface area contributed by atoms with Crippen LogP contribution >= 0.6 is 0 Å². The molecule has 0 aliphatic carbocycles.